The summed E-state index contributed by atoms with van der Waals surface area (Å²) >= 11 is 6.11. The molecule has 0 radical (unpaired) electrons. The van der Waals surface area contributed by atoms with Crippen LogP contribution in [-0.2, 0) is 19.7 Å². The first-order valence-corrected chi connectivity index (χ1v) is 6.68. The van der Waals surface area contributed by atoms with E-state index in [4.69, 9.17) is 22.0 Å². The second-order valence-corrected chi connectivity index (χ2v) is 4.90. The van der Waals surface area contributed by atoms with Gasteiger partial charge in [0.15, 0.2) is 0 Å². The van der Waals surface area contributed by atoms with E-state index in [0.29, 0.717) is 17.1 Å². The van der Waals surface area contributed by atoms with Crippen molar-refractivity contribution in [3.8, 4) is 6.07 Å². The van der Waals surface area contributed by atoms with Gasteiger partial charge in [0.25, 0.3) is 0 Å². The molecule has 3 nitrogen and oxygen atoms in total. The number of aliphatic hydroxyl groups excluding tert-OH is 1. The molecule has 0 fully saturated rings. The molecule has 0 aliphatic heterocycles. The monoisotopic (exact) mass is 286 g/mol. The molecular formula is C16H15ClN2O. The first-order chi connectivity index (χ1) is 9.72. The highest BCUT2D eigenvalue weighted by Crippen LogP contribution is 2.17. The Labute approximate surface area is 123 Å². The van der Waals surface area contributed by atoms with Crippen LogP contribution in [0.5, 0.6) is 0 Å². The summed E-state index contributed by atoms with van der Waals surface area (Å²) in [5, 5.41) is 21.7. The molecule has 0 unspecified atom stereocenters. The van der Waals surface area contributed by atoms with E-state index in [-0.39, 0.29) is 6.61 Å². The van der Waals surface area contributed by atoms with Crippen LogP contribution in [0.25, 0.3) is 0 Å². The number of benzene rings is 2. The predicted molar refractivity (Wildman–Crippen MR) is 79.1 cm³/mol. The molecule has 0 amide bonds. The van der Waals surface area contributed by atoms with Crippen LogP contribution in [-0.4, -0.2) is 5.11 Å². The lowest BCUT2D eigenvalue weighted by atomic mass is 10.1. The SMILES string of the molecule is N#Cc1ccc(CNCc2ccc(CO)cc2)c(Cl)c1. The predicted octanol–water partition coefficient (Wildman–Crippen LogP) is 2.99. The van der Waals surface area contributed by atoms with Crippen LogP contribution < -0.4 is 5.32 Å². The molecule has 0 aliphatic rings. The molecule has 4 heteroatoms. The third-order valence-electron chi connectivity index (χ3n) is 3.03. The van der Waals surface area contributed by atoms with Gasteiger partial charge in [0.1, 0.15) is 0 Å². The minimum Gasteiger partial charge on any atom is -0.392 e. The van der Waals surface area contributed by atoms with E-state index in [9.17, 15) is 0 Å². The molecule has 0 heterocycles. The molecule has 102 valence electrons. The van der Waals surface area contributed by atoms with E-state index < -0.39 is 0 Å². The van der Waals surface area contributed by atoms with Gasteiger partial charge in [-0.15, -0.1) is 0 Å². The van der Waals surface area contributed by atoms with E-state index in [0.717, 1.165) is 23.2 Å². The van der Waals surface area contributed by atoms with Crippen molar-refractivity contribution in [2.75, 3.05) is 0 Å². The van der Waals surface area contributed by atoms with Gasteiger partial charge in [0.05, 0.1) is 18.2 Å². The summed E-state index contributed by atoms with van der Waals surface area (Å²) in [6, 6.07) is 15.2. The van der Waals surface area contributed by atoms with Gasteiger partial charge in [-0.05, 0) is 28.8 Å². The van der Waals surface area contributed by atoms with Crippen LogP contribution >= 0.6 is 11.6 Å². The van der Waals surface area contributed by atoms with Crippen LogP contribution in [0.3, 0.4) is 0 Å². The zero-order chi connectivity index (χ0) is 14.4. The molecular weight excluding hydrogens is 272 g/mol. The van der Waals surface area contributed by atoms with Gasteiger partial charge in [-0.2, -0.15) is 5.26 Å². The molecule has 0 saturated heterocycles. The number of halogens is 1. The van der Waals surface area contributed by atoms with Crippen molar-refractivity contribution >= 4 is 11.6 Å². The average molecular weight is 287 g/mol. The molecule has 0 saturated carbocycles. The van der Waals surface area contributed by atoms with Gasteiger partial charge < -0.3 is 10.4 Å². The topological polar surface area (TPSA) is 56.0 Å². The number of hydrogen-bond acceptors (Lipinski definition) is 3. The normalized spacial score (nSPS) is 10.2. The summed E-state index contributed by atoms with van der Waals surface area (Å²) in [5.74, 6) is 0. The Hall–Kier alpha value is -1.86. The van der Waals surface area contributed by atoms with Crippen molar-refractivity contribution in [1.29, 1.82) is 5.26 Å². The van der Waals surface area contributed by atoms with Gasteiger partial charge in [-0.25, -0.2) is 0 Å². The Bertz CT molecular complexity index is 617. The third-order valence-corrected chi connectivity index (χ3v) is 3.38. The fraction of sp³-hybridized carbons (Fsp3) is 0.188. The van der Waals surface area contributed by atoms with E-state index >= 15 is 0 Å². The van der Waals surface area contributed by atoms with Crippen molar-refractivity contribution in [2.45, 2.75) is 19.7 Å². The van der Waals surface area contributed by atoms with Crippen LogP contribution in [0.1, 0.15) is 22.3 Å². The van der Waals surface area contributed by atoms with Gasteiger partial charge in [0.2, 0.25) is 0 Å². The fourth-order valence-electron chi connectivity index (χ4n) is 1.86. The maximum absolute atomic E-state index is 8.97. The lowest BCUT2D eigenvalue weighted by Gasteiger charge is -2.07. The zero-order valence-electron chi connectivity index (χ0n) is 10.9. The molecule has 0 aliphatic carbocycles. The average Bonchev–Trinajstić information content (AvgIpc) is 2.49. The summed E-state index contributed by atoms with van der Waals surface area (Å²) in [5.41, 5.74) is 3.59. The highest BCUT2D eigenvalue weighted by molar-refractivity contribution is 6.31. The molecule has 0 bridgehead atoms. The Balaban J connectivity index is 1.91. The van der Waals surface area contributed by atoms with Crippen LogP contribution in [0.15, 0.2) is 42.5 Å². The minimum absolute atomic E-state index is 0.0640. The van der Waals surface area contributed by atoms with Crippen molar-refractivity contribution in [3.05, 3.63) is 69.7 Å². The highest BCUT2D eigenvalue weighted by atomic mass is 35.5. The largest absolute Gasteiger partial charge is 0.392 e. The molecule has 0 atom stereocenters. The summed E-state index contributed by atoms with van der Waals surface area (Å²) in [6.07, 6.45) is 0. The lowest BCUT2D eigenvalue weighted by molar-refractivity contribution is 0.282. The molecule has 2 N–H and O–H groups in total. The molecule has 0 aromatic heterocycles. The van der Waals surface area contributed by atoms with Crippen LogP contribution in [0.2, 0.25) is 5.02 Å². The van der Waals surface area contributed by atoms with E-state index in [1.807, 2.05) is 30.3 Å². The first kappa shape index (κ1) is 14.5. The maximum atomic E-state index is 8.97. The summed E-state index contributed by atoms with van der Waals surface area (Å²) < 4.78 is 0. The molecule has 2 aromatic carbocycles. The van der Waals surface area contributed by atoms with Crippen molar-refractivity contribution in [1.82, 2.24) is 5.32 Å². The first-order valence-electron chi connectivity index (χ1n) is 6.31. The van der Waals surface area contributed by atoms with Gasteiger partial charge in [-0.3, -0.25) is 0 Å². The van der Waals surface area contributed by atoms with E-state index in [2.05, 4.69) is 11.4 Å². The number of nitrogens with one attached hydrogen (secondary N) is 1. The van der Waals surface area contributed by atoms with Gasteiger partial charge in [0, 0.05) is 18.1 Å². The summed E-state index contributed by atoms with van der Waals surface area (Å²) in [4.78, 5) is 0. The quantitative estimate of drug-likeness (QED) is 0.888. The number of aliphatic hydroxyl groups is 1. The smallest absolute Gasteiger partial charge is 0.0992 e. The standard InChI is InChI=1S/C16H15ClN2O/c17-16-7-14(8-18)5-6-15(16)10-19-9-12-1-3-13(11-20)4-2-12/h1-7,19-20H,9-11H2. The van der Waals surface area contributed by atoms with E-state index in [1.165, 1.54) is 0 Å². The minimum atomic E-state index is 0.0640. The summed E-state index contributed by atoms with van der Waals surface area (Å²) in [6.45, 7) is 1.43. The second-order valence-electron chi connectivity index (χ2n) is 4.50. The van der Waals surface area contributed by atoms with Gasteiger partial charge in [-0.1, -0.05) is 41.9 Å². The molecule has 0 spiro atoms. The molecule has 2 rings (SSSR count). The van der Waals surface area contributed by atoms with Gasteiger partial charge >= 0.3 is 0 Å². The summed E-state index contributed by atoms with van der Waals surface area (Å²) in [7, 11) is 0. The fourth-order valence-corrected chi connectivity index (χ4v) is 2.11. The van der Waals surface area contributed by atoms with E-state index in [1.54, 1.807) is 12.1 Å². The Morgan fingerprint density at radius 2 is 1.75 bits per heavy atom. The van der Waals surface area contributed by atoms with Crippen molar-refractivity contribution < 1.29 is 5.11 Å². The molecule has 20 heavy (non-hydrogen) atoms. The van der Waals surface area contributed by atoms with Crippen molar-refractivity contribution in [3.63, 3.8) is 0 Å². The lowest BCUT2D eigenvalue weighted by Crippen LogP contribution is -2.13. The van der Waals surface area contributed by atoms with Crippen LogP contribution in [0, 0.1) is 11.3 Å². The van der Waals surface area contributed by atoms with Crippen LogP contribution in [0.4, 0.5) is 0 Å². The highest BCUT2D eigenvalue weighted by Gasteiger charge is 2.02. The second kappa shape index (κ2) is 7.06. The Morgan fingerprint density at radius 1 is 1.05 bits per heavy atom. The number of nitriles is 1. The Kier molecular flexibility index (Phi) is 5.14. The Morgan fingerprint density at radius 3 is 2.35 bits per heavy atom. The van der Waals surface area contributed by atoms with Crippen molar-refractivity contribution in [2.24, 2.45) is 0 Å². The molecule has 2 aromatic rings. The third kappa shape index (κ3) is 3.82. The number of nitrogens with zero attached hydrogens (tertiary/aromatic N) is 1. The maximum Gasteiger partial charge on any atom is 0.0992 e. The number of hydrogen-bond donors (Lipinski definition) is 2. The number of rotatable bonds is 5. The zero-order valence-corrected chi connectivity index (χ0v) is 11.7.